The van der Waals surface area contributed by atoms with Crippen molar-refractivity contribution in [3.8, 4) is 0 Å². The Morgan fingerprint density at radius 3 is 2.53 bits per heavy atom. The van der Waals surface area contributed by atoms with Gasteiger partial charge in [0.15, 0.2) is 0 Å². The molecule has 1 unspecified atom stereocenters. The summed E-state index contributed by atoms with van der Waals surface area (Å²) in [6.07, 6.45) is 0.344. The Balaban J connectivity index is 2.82. The second-order valence-electron chi connectivity index (χ2n) is 3.45. The van der Waals surface area contributed by atoms with Gasteiger partial charge in [0.25, 0.3) is 0 Å². The zero-order valence-electron chi connectivity index (χ0n) is 8.30. The summed E-state index contributed by atoms with van der Waals surface area (Å²) in [5.74, 6) is -2.38. The fourth-order valence-corrected chi connectivity index (χ4v) is 1.27. The van der Waals surface area contributed by atoms with E-state index in [0.717, 1.165) is 5.56 Å². The van der Waals surface area contributed by atoms with Gasteiger partial charge in [0.2, 0.25) is 0 Å². The Labute approximate surface area is 87.2 Å². The molecule has 1 rings (SSSR count). The predicted molar refractivity (Wildman–Crippen MR) is 53.9 cm³/mol. The Bertz CT molecular complexity index is 384. The summed E-state index contributed by atoms with van der Waals surface area (Å²) in [7, 11) is 0. The molecule has 1 atom stereocenters. The van der Waals surface area contributed by atoms with Crippen LogP contribution in [0.4, 0.5) is 0 Å². The maximum atomic E-state index is 10.7. The lowest BCUT2D eigenvalue weighted by Crippen LogP contribution is -2.12. The number of carboxylic acids is 2. The minimum absolute atomic E-state index is 0.185. The lowest BCUT2D eigenvalue weighted by molar-refractivity contribution is -0.141. The van der Waals surface area contributed by atoms with E-state index in [1.54, 1.807) is 19.1 Å². The molecule has 0 spiro atoms. The summed E-state index contributed by atoms with van der Waals surface area (Å²) >= 11 is 0. The van der Waals surface area contributed by atoms with Crippen molar-refractivity contribution < 1.29 is 19.8 Å². The molecule has 0 radical (unpaired) electrons. The Hall–Kier alpha value is -1.84. The highest BCUT2D eigenvalue weighted by Gasteiger charge is 2.12. The van der Waals surface area contributed by atoms with E-state index < -0.39 is 17.9 Å². The molecular weight excluding hydrogens is 196 g/mol. The van der Waals surface area contributed by atoms with Crippen LogP contribution in [0, 0.1) is 5.92 Å². The van der Waals surface area contributed by atoms with Gasteiger partial charge >= 0.3 is 11.9 Å². The normalized spacial score (nSPS) is 12.1. The summed E-state index contributed by atoms with van der Waals surface area (Å²) in [6.45, 7) is 1.59. The zero-order chi connectivity index (χ0) is 11.4. The van der Waals surface area contributed by atoms with Crippen molar-refractivity contribution in [2.75, 3.05) is 0 Å². The summed E-state index contributed by atoms with van der Waals surface area (Å²) < 4.78 is 0. The van der Waals surface area contributed by atoms with Crippen molar-refractivity contribution in [1.29, 1.82) is 0 Å². The summed E-state index contributed by atoms with van der Waals surface area (Å²) in [4.78, 5) is 21.3. The largest absolute Gasteiger partial charge is 0.481 e. The molecule has 0 aliphatic heterocycles. The van der Waals surface area contributed by atoms with Crippen LogP contribution in [0.3, 0.4) is 0 Å². The van der Waals surface area contributed by atoms with Crippen LogP contribution in [0.1, 0.15) is 22.8 Å². The van der Waals surface area contributed by atoms with Crippen LogP contribution in [0.15, 0.2) is 24.3 Å². The molecule has 0 aliphatic carbocycles. The standard InChI is InChI=1S/C11H12O4/c1-7(10(12)13)5-8-3-2-4-9(6-8)11(14)15/h2-4,6-7H,5H2,1H3,(H,12,13)(H,14,15). The van der Waals surface area contributed by atoms with E-state index in [0.29, 0.717) is 6.42 Å². The predicted octanol–water partition coefficient (Wildman–Crippen LogP) is 1.65. The molecule has 80 valence electrons. The Kier molecular flexibility index (Phi) is 3.44. The van der Waals surface area contributed by atoms with Crippen molar-refractivity contribution in [3.05, 3.63) is 35.4 Å². The molecule has 0 heterocycles. The molecule has 2 N–H and O–H groups in total. The van der Waals surface area contributed by atoms with Crippen LogP contribution in [0.5, 0.6) is 0 Å². The zero-order valence-corrected chi connectivity index (χ0v) is 8.30. The first kappa shape index (κ1) is 11.2. The molecule has 0 saturated carbocycles. The first-order valence-corrected chi connectivity index (χ1v) is 4.55. The van der Waals surface area contributed by atoms with Gasteiger partial charge in [0, 0.05) is 0 Å². The third-order valence-corrected chi connectivity index (χ3v) is 2.14. The highest BCUT2D eigenvalue weighted by atomic mass is 16.4. The third kappa shape index (κ3) is 3.09. The smallest absolute Gasteiger partial charge is 0.335 e. The van der Waals surface area contributed by atoms with Gasteiger partial charge in [-0.1, -0.05) is 19.1 Å². The maximum absolute atomic E-state index is 10.7. The molecule has 0 aromatic heterocycles. The molecule has 0 bridgehead atoms. The van der Waals surface area contributed by atoms with Gasteiger partial charge in [-0.2, -0.15) is 0 Å². The van der Waals surface area contributed by atoms with Gasteiger partial charge in [0.1, 0.15) is 0 Å². The molecule has 0 fully saturated rings. The highest BCUT2D eigenvalue weighted by molar-refractivity contribution is 5.87. The molecule has 0 aliphatic rings. The van der Waals surface area contributed by atoms with E-state index in [-0.39, 0.29) is 5.56 Å². The van der Waals surface area contributed by atoms with Crippen LogP contribution in [-0.4, -0.2) is 22.2 Å². The monoisotopic (exact) mass is 208 g/mol. The van der Waals surface area contributed by atoms with Gasteiger partial charge in [-0.15, -0.1) is 0 Å². The van der Waals surface area contributed by atoms with Crippen molar-refractivity contribution in [1.82, 2.24) is 0 Å². The number of rotatable bonds is 4. The van der Waals surface area contributed by atoms with Crippen LogP contribution >= 0.6 is 0 Å². The van der Waals surface area contributed by atoms with Crippen LogP contribution in [0.2, 0.25) is 0 Å². The first-order chi connectivity index (χ1) is 7.00. The Morgan fingerprint density at radius 2 is 2.00 bits per heavy atom. The number of benzene rings is 1. The molecule has 15 heavy (non-hydrogen) atoms. The highest BCUT2D eigenvalue weighted by Crippen LogP contribution is 2.11. The van der Waals surface area contributed by atoms with Crippen molar-refractivity contribution in [2.45, 2.75) is 13.3 Å². The molecule has 0 saturated heterocycles. The molecular formula is C11H12O4. The first-order valence-electron chi connectivity index (χ1n) is 4.55. The quantitative estimate of drug-likeness (QED) is 0.788. The number of hydrogen-bond donors (Lipinski definition) is 2. The molecule has 0 amide bonds. The van der Waals surface area contributed by atoms with Gasteiger partial charge in [-0.3, -0.25) is 4.79 Å². The van der Waals surface area contributed by atoms with Gasteiger partial charge in [-0.25, -0.2) is 4.79 Å². The summed E-state index contributed by atoms with van der Waals surface area (Å²) in [6, 6.07) is 6.33. The van der Waals surface area contributed by atoms with E-state index in [1.807, 2.05) is 0 Å². The van der Waals surface area contributed by atoms with Gasteiger partial charge < -0.3 is 10.2 Å². The second-order valence-corrected chi connectivity index (χ2v) is 3.45. The van der Waals surface area contributed by atoms with Gasteiger partial charge in [0.05, 0.1) is 11.5 Å². The van der Waals surface area contributed by atoms with Crippen molar-refractivity contribution in [2.24, 2.45) is 5.92 Å². The van der Waals surface area contributed by atoms with Crippen LogP contribution in [-0.2, 0) is 11.2 Å². The van der Waals surface area contributed by atoms with E-state index in [4.69, 9.17) is 10.2 Å². The molecule has 1 aromatic carbocycles. The molecule has 1 aromatic rings. The van der Waals surface area contributed by atoms with Crippen molar-refractivity contribution in [3.63, 3.8) is 0 Å². The summed E-state index contributed by atoms with van der Waals surface area (Å²) in [5.41, 5.74) is 0.912. The lowest BCUT2D eigenvalue weighted by atomic mass is 10.00. The molecule has 4 nitrogen and oxygen atoms in total. The van der Waals surface area contributed by atoms with E-state index >= 15 is 0 Å². The minimum atomic E-state index is -1.00. The fourth-order valence-electron chi connectivity index (χ4n) is 1.27. The fraction of sp³-hybridized carbons (Fsp3) is 0.273. The number of carboxylic acid groups (broad SMARTS) is 2. The van der Waals surface area contributed by atoms with Crippen LogP contribution in [0.25, 0.3) is 0 Å². The molecule has 4 heteroatoms. The van der Waals surface area contributed by atoms with Crippen molar-refractivity contribution >= 4 is 11.9 Å². The number of hydrogen-bond acceptors (Lipinski definition) is 2. The third-order valence-electron chi connectivity index (χ3n) is 2.14. The number of aliphatic carboxylic acids is 1. The SMILES string of the molecule is CC(Cc1cccc(C(=O)O)c1)C(=O)O. The van der Waals surface area contributed by atoms with E-state index in [9.17, 15) is 9.59 Å². The average molecular weight is 208 g/mol. The number of carbonyl (C=O) groups is 2. The average Bonchev–Trinajstić information content (AvgIpc) is 2.18. The second kappa shape index (κ2) is 4.59. The topological polar surface area (TPSA) is 74.6 Å². The summed E-state index contributed by atoms with van der Waals surface area (Å²) in [5, 5.41) is 17.4. The lowest BCUT2D eigenvalue weighted by Gasteiger charge is -2.06. The maximum Gasteiger partial charge on any atom is 0.335 e. The van der Waals surface area contributed by atoms with Crippen LogP contribution < -0.4 is 0 Å². The van der Waals surface area contributed by atoms with Gasteiger partial charge in [-0.05, 0) is 24.1 Å². The number of aromatic carboxylic acids is 1. The van der Waals surface area contributed by atoms with E-state index in [1.165, 1.54) is 12.1 Å². The minimum Gasteiger partial charge on any atom is -0.481 e. The Morgan fingerprint density at radius 1 is 1.33 bits per heavy atom. The van der Waals surface area contributed by atoms with E-state index in [2.05, 4.69) is 0 Å².